The van der Waals surface area contributed by atoms with Crippen molar-refractivity contribution >= 4 is 23.4 Å². The fourth-order valence-electron chi connectivity index (χ4n) is 1.64. The van der Waals surface area contributed by atoms with Crippen molar-refractivity contribution in [3.8, 4) is 0 Å². The Morgan fingerprint density at radius 1 is 1.11 bits per heavy atom. The fraction of sp³-hybridized carbons (Fsp3) is 0.0714. The minimum atomic E-state index is -0.460. The smallest absolute Gasteiger partial charge is 0.249 e. The largest absolute Gasteiger partial charge is 0.398 e. The van der Waals surface area contributed by atoms with Crippen molar-refractivity contribution in [1.82, 2.24) is 0 Å². The first-order chi connectivity index (χ1) is 8.59. The van der Waals surface area contributed by atoms with Crippen molar-refractivity contribution in [2.24, 2.45) is 5.73 Å². The summed E-state index contributed by atoms with van der Waals surface area (Å²) in [6.07, 6.45) is 0. The first-order valence-corrected chi connectivity index (χ1v) is 6.33. The van der Waals surface area contributed by atoms with E-state index in [9.17, 15) is 4.79 Å². The number of amides is 1. The summed E-state index contributed by atoms with van der Waals surface area (Å²) >= 11 is 1.47. The maximum Gasteiger partial charge on any atom is 0.249 e. The Bertz CT molecular complexity index is 596. The molecule has 3 nitrogen and oxygen atoms in total. The SMILES string of the molecule is Cc1ccccc1Sc1c(N)cccc1C(N)=O. The quantitative estimate of drug-likeness (QED) is 0.832. The molecule has 0 aromatic heterocycles. The van der Waals surface area contributed by atoms with Gasteiger partial charge in [-0.05, 0) is 30.7 Å². The molecule has 0 heterocycles. The third kappa shape index (κ3) is 2.49. The maximum atomic E-state index is 11.4. The number of anilines is 1. The molecule has 0 atom stereocenters. The van der Waals surface area contributed by atoms with Crippen LogP contribution in [0.15, 0.2) is 52.3 Å². The van der Waals surface area contributed by atoms with E-state index in [1.54, 1.807) is 18.2 Å². The highest BCUT2D eigenvalue weighted by atomic mass is 32.2. The second-order valence-corrected chi connectivity index (χ2v) is 5.01. The van der Waals surface area contributed by atoms with Crippen LogP contribution in [0.4, 0.5) is 5.69 Å². The number of rotatable bonds is 3. The van der Waals surface area contributed by atoms with Gasteiger partial charge in [0.2, 0.25) is 5.91 Å². The average molecular weight is 258 g/mol. The van der Waals surface area contributed by atoms with E-state index in [-0.39, 0.29) is 0 Å². The molecule has 0 bridgehead atoms. The van der Waals surface area contributed by atoms with Gasteiger partial charge in [0, 0.05) is 15.5 Å². The molecule has 4 heteroatoms. The summed E-state index contributed by atoms with van der Waals surface area (Å²) in [5.74, 6) is -0.460. The predicted octanol–water partition coefficient (Wildman–Crippen LogP) is 2.83. The Morgan fingerprint density at radius 2 is 1.83 bits per heavy atom. The molecule has 1 amide bonds. The number of primary amides is 1. The van der Waals surface area contributed by atoms with Crippen LogP contribution >= 0.6 is 11.8 Å². The Labute approximate surface area is 110 Å². The van der Waals surface area contributed by atoms with Gasteiger partial charge in [-0.15, -0.1) is 0 Å². The zero-order valence-corrected chi connectivity index (χ0v) is 10.8. The van der Waals surface area contributed by atoms with Crippen molar-refractivity contribution in [3.63, 3.8) is 0 Å². The second-order valence-electron chi connectivity index (χ2n) is 3.96. The highest BCUT2D eigenvalue weighted by molar-refractivity contribution is 7.99. The van der Waals surface area contributed by atoms with Gasteiger partial charge in [-0.2, -0.15) is 0 Å². The maximum absolute atomic E-state index is 11.4. The second kappa shape index (κ2) is 5.14. The van der Waals surface area contributed by atoms with Crippen LogP contribution in [0.5, 0.6) is 0 Å². The molecular weight excluding hydrogens is 244 g/mol. The summed E-state index contributed by atoms with van der Waals surface area (Å²) in [7, 11) is 0. The van der Waals surface area contributed by atoms with E-state index >= 15 is 0 Å². The van der Waals surface area contributed by atoms with Gasteiger partial charge in [0.15, 0.2) is 0 Å². The van der Waals surface area contributed by atoms with E-state index in [0.717, 1.165) is 15.4 Å². The molecule has 2 aromatic rings. The molecule has 0 fully saturated rings. The highest BCUT2D eigenvalue weighted by Gasteiger charge is 2.13. The van der Waals surface area contributed by atoms with E-state index in [2.05, 4.69) is 0 Å². The zero-order valence-electron chi connectivity index (χ0n) is 10.0. The van der Waals surface area contributed by atoms with E-state index in [4.69, 9.17) is 11.5 Å². The zero-order chi connectivity index (χ0) is 13.1. The molecule has 92 valence electrons. The van der Waals surface area contributed by atoms with E-state index < -0.39 is 5.91 Å². The van der Waals surface area contributed by atoms with Crippen LogP contribution in [-0.2, 0) is 0 Å². The standard InChI is InChI=1S/C14H14N2OS/c1-9-5-2-3-8-12(9)18-13-10(14(16)17)6-4-7-11(13)15/h2-8H,15H2,1H3,(H2,16,17). The third-order valence-electron chi connectivity index (χ3n) is 2.62. The summed E-state index contributed by atoms with van der Waals surface area (Å²) in [5, 5.41) is 0. The molecule has 0 aliphatic rings. The number of nitrogen functional groups attached to an aromatic ring is 1. The van der Waals surface area contributed by atoms with Crippen molar-refractivity contribution in [2.75, 3.05) is 5.73 Å². The number of benzene rings is 2. The number of carbonyl (C=O) groups excluding carboxylic acids is 1. The van der Waals surface area contributed by atoms with Crippen LogP contribution < -0.4 is 11.5 Å². The Hall–Kier alpha value is -1.94. The highest BCUT2D eigenvalue weighted by Crippen LogP contribution is 2.36. The molecule has 0 saturated heterocycles. The lowest BCUT2D eigenvalue weighted by molar-refractivity contribution is 0.0997. The van der Waals surface area contributed by atoms with Gasteiger partial charge >= 0.3 is 0 Å². The lowest BCUT2D eigenvalue weighted by Gasteiger charge is -2.11. The molecule has 0 aliphatic heterocycles. The van der Waals surface area contributed by atoms with Crippen LogP contribution in [0.3, 0.4) is 0 Å². The first-order valence-electron chi connectivity index (χ1n) is 5.51. The predicted molar refractivity (Wildman–Crippen MR) is 74.7 cm³/mol. The molecule has 0 unspecified atom stereocenters. The molecule has 4 N–H and O–H groups in total. The number of hydrogen-bond acceptors (Lipinski definition) is 3. The van der Waals surface area contributed by atoms with E-state index in [1.807, 2.05) is 31.2 Å². The third-order valence-corrected chi connectivity index (χ3v) is 3.95. The Balaban J connectivity index is 2.46. The van der Waals surface area contributed by atoms with Crippen LogP contribution in [-0.4, -0.2) is 5.91 Å². The summed E-state index contributed by atoms with van der Waals surface area (Å²) < 4.78 is 0. The van der Waals surface area contributed by atoms with Gasteiger partial charge in [-0.3, -0.25) is 4.79 Å². The lowest BCUT2D eigenvalue weighted by atomic mass is 10.2. The number of nitrogens with two attached hydrogens (primary N) is 2. The van der Waals surface area contributed by atoms with Gasteiger partial charge in [-0.1, -0.05) is 36.0 Å². The molecule has 2 rings (SSSR count). The number of carbonyl (C=O) groups is 1. The van der Waals surface area contributed by atoms with Crippen molar-refractivity contribution in [1.29, 1.82) is 0 Å². The fourth-order valence-corrected chi connectivity index (χ4v) is 2.70. The molecule has 0 spiro atoms. The Kier molecular flexibility index (Phi) is 3.58. The molecule has 2 aromatic carbocycles. The number of hydrogen-bond donors (Lipinski definition) is 2. The van der Waals surface area contributed by atoms with Gasteiger partial charge in [0.1, 0.15) is 0 Å². The molecule has 0 saturated carbocycles. The molecular formula is C14H14N2OS. The monoisotopic (exact) mass is 258 g/mol. The van der Waals surface area contributed by atoms with Gasteiger partial charge in [-0.25, -0.2) is 0 Å². The molecule has 18 heavy (non-hydrogen) atoms. The summed E-state index contributed by atoms with van der Waals surface area (Å²) in [4.78, 5) is 13.2. The topological polar surface area (TPSA) is 69.1 Å². The molecule has 0 radical (unpaired) electrons. The van der Waals surface area contributed by atoms with E-state index in [0.29, 0.717) is 11.3 Å². The van der Waals surface area contributed by atoms with Crippen molar-refractivity contribution in [3.05, 3.63) is 53.6 Å². The van der Waals surface area contributed by atoms with Gasteiger partial charge in [0.25, 0.3) is 0 Å². The van der Waals surface area contributed by atoms with E-state index in [1.165, 1.54) is 11.8 Å². The van der Waals surface area contributed by atoms with Crippen molar-refractivity contribution in [2.45, 2.75) is 16.7 Å². The lowest BCUT2D eigenvalue weighted by Crippen LogP contribution is -2.13. The van der Waals surface area contributed by atoms with Crippen LogP contribution in [0.25, 0.3) is 0 Å². The normalized spacial score (nSPS) is 10.3. The van der Waals surface area contributed by atoms with Gasteiger partial charge in [0.05, 0.1) is 5.56 Å². The Morgan fingerprint density at radius 3 is 2.50 bits per heavy atom. The summed E-state index contributed by atoms with van der Waals surface area (Å²) in [5.41, 5.74) is 13.5. The first kappa shape index (κ1) is 12.5. The molecule has 0 aliphatic carbocycles. The summed E-state index contributed by atoms with van der Waals surface area (Å²) in [6.45, 7) is 2.02. The van der Waals surface area contributed by atoms with Crippen molar-refractivity contribution < 1.29 is 4.79 Å². The van der Waals surface area contributed by atoms with Gasteiger partial charge < -0.3 is 11.5 Å². The minimum absolute atomic E-state index is 0.460. The van der Waals surface area contributed by atoms with Crippen LogP contribution in [0.1, 0.15) is 15.9 Å². The van der Waals surface area contributed by atoms with Crippen LogP contribution in [0.2, 0.25) is 0 Å². The number of aryl methyl sites for hydroxylation is 1. The minimum Gasteiger partial charge on any atom is -0.398 e. The average Bonchev–Trinajstić information content (AvgIpc) is 2.34. The summed E-state index contributed by atoms with van der Waals surface area (Å²) in [6, 6.07) is 13.1. The van der Waals surface area contributed by atoms with Crippen LogP contribution in [0, 0.1) is 6.92 Å².